The van der Waals surface area contributed by atoms with Crippen LogP contribution >= 0.6 is 0 Å². The number of methoxy groups -OCH3 is 1. The Morgan fingerprint density at radius 1 is 1.26 bits per heavy atom. The van der Waals surface area contributed by atoms with E-state index >= 15 is 0 Å². The average Bonchev–Trinajstić information content (AvgIpc) is 2.56. The van der Waals surface area contributed by atoms with Crippen molar-refractivity contribution in [3.05, 3.63) is 53.3 Å². The molecule has 23 heavy (non-hydrogen) atoms. The molecule has 2 aromatic carbocycles. The fraction of sp³-hybridized carbons (Fsp3) is 0.176. The van der Waals surface area contributed by atoms with Crippen LogP contribution in [0.1, 0.15) is 11.1 Å². The summed E-state index contributed by atoms with van der Waals surface area (Å²) < 4.78 is 23.7. The van der Waals surface area contributed by atoms with Gasteiger partial charge in [-0.3, -0.25) is 4.79 Å². The predicted molar refractivity (Wildman–Crippen MR) is 83.0 cm³/mol. The Bertz CT molecular complexity index is 769. The molecule has 0 fully saturated rings. The molecule has 1 amide bonds. The van der Waals surface area contributed by atoms with Crippen molar-refractivity contribution in [2.45, 2.75) is 6.92 Å². The minimum atomic E-state index is -0.430. The van der Waals surface area contributed by atoms with Crippen LogP contribution in [-0.4, -0.2) is 19.6 Å². The summed E-state index contributed by atoms with van der Waals surface area (Å²) in [7, 11) is 1.44. The first-order chi connectivity index (χ1) is 11.0. The lowest BCUT2D eigenvalue weighted by Gasteiger charge is -2.12. The molecule has 0 spiro atoms. The number of halogens is 1. The van der Waals surface area contributed by atoms with Gasteiger partial charge >= 0.3 is 0 Å². The second-order valence-electron chi connectivity index (χ2n) is 4.77. The molecule has 0 aliphatic rings. The van der Waals surface area contributed by atoms with Gasteiger partial charge in [-0.05, 0) is 36.8 Å². The van der Waals surface area contributed by atoms with Crippen LogP contribution in [0.2, 0.25) is 0 Å². The van der Waals surface area contributed by atoms with E-state index in [-0.39, 0.29) is 6.61 Å². The largest absolute Gasteiger partial charge is 0.493 e. The number of amides is 1. The van der Waals surface area contributed by atoms with Crippen LogP contribution in [0.15, 0.2) is 36.4 Å². The summed E-state index contributed by atoms with van der Waals surface area (Å²) in [6, 6.07) is 10.8. The quantitative estimate of drug-likeness (QED) is 0.921. The third kappa shape index (κ3) is 4.20. The number of hydrogen-bond acceptors (Lipinski definition) is 4. The molecular formula is C17H15FN2O3. The standard InChI is InChI=1S/C17H15FN2O3/c1-11-3-5-13(18)8-14(11)20-17(21)10-23-15-6-4-12(9-19)7-16(15)22-2/h3-8H,10H2,1-2H3,(H,20,21). The zero-order chi connectivity index (χ0) is 16.8. The minimum Gasteiger partial charge on any atom is -0.493 e. The number of ether oxygens (including phenoxy) is 2. The SMILES string of the molecule is COc1cc(C#N)ccc1OCC(=O)Nc1cc(F)ccc1C. The lowest BCUT2D eigenvalue weighted by molar-refractivity contribution is -0.118. The molecule has 0 heterocycles. The molecule has 6 heteroatoms. The minimum absolute atomic E-state index is 0.266. The molecule has 0 unspecified atom stereocenters. The van der Waals surface area contributed by atoms with Crippen LogP contribution in [0.5, 0.6) is 11.5 Å². The van der Waals surface area contributed by atoms with Crippen LogP contribution in [-0.2, 0) is 4.79 Å². The number of carbonyl (C=O) groups excluding carboxylic acids is 1. The number of nitrogens with zero attached hydrogens (tertiary/aromatic N) is 1. The highest BCUT2D eigenvalue weighted by Crippen LogP contribution is 2.27. The van der Waals surface area contributed by atoms with Crippen molar-refractivity contribution in [2.75, 3.05) is 19.0 Å². The summed E-state index contributed by atoms with van der Waals surface area (Å²) in [4.78, 5) is 11.9. The molecule has 0 saturated carbocycles. The summed E-state index contributed by atoms with van der Waals surface area (Å²) in [5, 5.41) is 11.4. The van der Waals surface area contributed by atoms with Gasteiger partial charge < -0.3 is 14.8 Å². The van der Waals surface area contributed by atoms with Crippen LogP contribution in [0.25, 0.3) is 0 Å². The predicted octanol–water partition coefficient (Wildman–Crippen LogP) is 3.03. The molecule has 2 rings (SSSR count). The Labute approximate surface area is 133 Å². The number of hydrogen-bond donors (Lipinski definition) is 1. The monoisotopic (exact) mass is 314 g/mol. The smallest absolute Gasteiger partial charge is 0.262 e. The van der Waals surface area contributed by atoms with E-state index in [9.17, 15) is 9.18 Å². The lowest BCUT2D eigenvalue weighted by Crippen LogP contribution is -2.21. The number of carbonyl (C=O) groups is 1. The van der Waals surface area contributed by atoms with Gasteiger partial charge in [0.1, 0.15) is 5.82 Å². The van der Waals surface area contributed by atoms with Crippen molar-refractivity contribution in [1.82, 2.24) is 0 Å². The van der Waals surface area contributed by atoms with E-state index in [2.05, 4.69) is 5.32 Å². The van der Waals surface area contributed by atoms with Crippen LogP contribution < -0.4 is 14.8 Å². The molecule has 0 aliphatic heterocycles. The molecule has 2 aromatic rings. The number of nitrogens with one attached hydrogen (secondary N) is 1. The highest BCUT2D eigenvalue weighted by atomic mass is 19.1. The third-order valence-electron chi connectivity index (χ3n) is 3.13. The molecule has 1 N–H and O–H groups in total. The van der Waals surface area contributed by atoms with Crippen molar-refractivity contribution in [2.24, 2.45) is 0 Å². The molecule has 0 bridgehead atoms. The van der Waals surface area contributed by atoms with E-state index < -0.39 is 11.7 Å². The maximum atomic E-state index is 13.2. The number of nitriles is 1. The van der Waals surface area contributed by atoms with E-state index in [0.29, 0.717) is 22.7 Å². The molecule has 0 saturated heterocycles. The summed E-state index contributed by atoms with van der Waals surface area (Å²) in [6.07, 6.45) is 0. The molecule has 5 nitrogen and oxygen atoms in total. The second kappa shape index (κ2) is 7.27. The zero-order valence-electron chi connectivity index (χ0n) is 12.7. The van der Waals surface area contributed by atoms with E-state index in [1.165, 1.54) is 25.3 Å². The van der Waals surface area contributed by atoms with Crippen molar-refractivity contribution < 1.29 is 18.7 Å². The first-order valence-electron chi connectivity index (χ1n) is 6.80. The van der Waals surface area contributed by atoms with Gasteiger partial charge in [-0.1, -0.05) is 6.07 Å². The Kier molecular flexibility index (Phi) is 5.15. The summed E-state index contributed by atoms with van der Waals surface area (Å²) >= 11 is 0. The first-order valence-corrected chi connectivity index (χ1v) is 6.80. The van der Waals surface area contributed by atoms with Crippen LogP contribution in [0.4, 0.5) is 10.1 Å². The van der Waals surface area contributed by atoms with E-state index in [1.807, 2.05) is 6.07 Å². The van der Waals surface area contributed by atoms with Crippen molar-refractivity contribution in [3.8, 4) is 17.6 Å². The van der Waals surface area contributed by atoms with Gasteiger partial charge in [-0.25, -0.2) is 4.39 Å². The fourth-order valence-electron chi connectivity index (χ4n) is 1.91. The zero-order valence-corrected chi connectivity index (χ0v) is 12.7. The van der Waals surface area contributed by atoms with Gasteiger partial charge in [0.05, 0.1) is 18.7 Å². The van der Waals surface area contributed by atoms with Gasteiger partial charge in [0.25, 0.3) is 5.91 Å². The number of anilines is 1. The maximum absolute atomic E-state index is 13.2. The molecule has 0 aliphatic carbocycles. The second-order valence-corrected chi connectivity index (χ2v) is 4.77. The van der Waals surface area contributed by atoms with Gasteiger partial charge in [0, 0.05) is 11.8 Å². The topological polar surface area (TPSA) is 71.3 Å². The fourth-order valence-corrected chi connectivity index (χ4v) is 1.91. The van der Waals surface area contributed by atoms with Gasteiger partial charge in [0.2, 0.25) is 0 Å². The highest BCUT2D eigenvalue weighted by Gasteiger charge is 2.10. The highest BCUT2D eigenvalue weighted by molar-refractivity contribution is 5.92. The van der Waals surface area contributed by atoms with Crippen molar-refractivity contribution in [3.63, 3.8) is 0 Å². The van der Waals surface area contributed by atoms with Gasteiger partial charge in [-0.2, -0.15) is 5.26 Å². The molecular weight excluding hydrogens is 299 g/mol. The number of aryl methyl sites for hydroxylation is 1. The maximum Gasteiger partial charge on any atom is 0.262 e. The number of rotatable bonds is 5. The van der Waals surface area contributed by atoms with E-state index in [1.54, 1.807) is 25.1 Å². The third-order valence-corrected chi connectivity index (χ3v) is 3.13. The molecule has 118 valence electrons. The van der Waals surface area contributed by atoms with E-state index in [0.717, 1.165) is 5.56 Å². The molecule has 0 radical (unpaired) electrons. The summed E-state index contributed by atoms with van der Waals surface area (Å²) in [5.41, 5.74) is 1.56. The van der Waals surface area contributed by atoms with Crippen molar-refractivity contribution >= 4 is 11.6 Å². The first kappa shape index (κ1) is 16.3. The van der Waals surface area contributed by atoms with Gasteiger partial charge in [0.15, 0.2) is 18.1 Å². The van der Waals surface area contributed by atoms with Crippen molar-refractivity contribution in [1.29, 1.82) is 5.26 Å². The number of benzene rings is 2. The Balaban J connectivity index is 2.02. The molecule has 0 aromatic heterocycles. The molecule has 0 atom stereocenters. The van der Waals surface area contributed by atoms with Crippen LogP contribution in [0, 0.1) is 24.1 Å². The average molecular weight is 314 g/mol. The van der Waals surface area contributed by atoms with Crippen LogP contribution in [0.3, 0.4) is 0 Å². The Morgan fingerprint density at radius 2 is 2.04 bits per heavy atom. The summed E-state index contributed by atoms with van der Waals surface area (Å²) in [5.74, 6) is -0.151. The summed E-state index contributed by atoms with van der Waals surface area (Å²) in [6.45, 7) is 1.50. The Hall–Kier alpha value is -3.07. The van der Waals surface area contributed by atoms with Gasteiger partial charge in [-0.15, -0.1) is 0 Å². The normalized spacial score (nSPS) is 9.83. The lowest BCUT2D eigenvalue weighted by atomic mass is 10.2. The Morgan fingerprint density at radius 3 is 2.74 bits per heavy atom. The van der Waals surface area contributed by atoms with E-state index in [4.69, 9.17) is 14.7 Å².